The highest BCUT2D eigenvalue weighted by Crippen LogP contribution is 2.39. The molecule has 26 heavy (non-hydrogen) atoms. The van der Waals surface area contributed by atoms with E-state index in [2.05, 4.69) is 5.10 Å². The Labute approximate surface area is 160 Å². The second-order valence-corrected chi connectivity index (χ2v) is 6.24. The number of carbonyl (C=O) groups is 1. The van der Waals surface area contributed by atoms with E-state index in [9.17, 15) is 4.79 Å². The predicted octanol–water partition coefficient (Wildman–Crippen LogP) is 3.69. The average molecular weight is 401 g/mol. The van der Waals surface area contributed by atoms with Crippen molar-refractivity contribution in [3.63, 3.8) is 0 Å². The van der Waals surface area contributed by atoms with E-state index in [1.807, 2.05) is 0 Å². The van der Waals surface area contributed by atoms with E-state index in [0.29, 0.717) is 17.1 Å². The van der Waals surface area contributed by atoms with Crippen molar-refractivity contribution in [2.75, 3.05) is 6.61 Å². The number of hydrogen-bond acceptors (Lipinski definition) is 5. The number of aliphatic carboxylic acids is 1. The molecule has 0 amide bonds. The van der Waals surface area contributed by atoms with Crippen LogP contribution in [0.1, 0.15) is 18.2 Å². The zero-order valence-corrected chi connectivity index (χ0v) is 15.9. The number of aliphatic hydroxyl groups excluding tert-OH is 1. The molecule has 9 heteroatoms. The fraction of sp³-hybridized carbons (Fsp3) is 0.294. The summed E-state index contributed by atoms with van der Waals surface area (Å²) in [5.74, 6) is -0.372. The lowest BCUT2D eigenvalue weighted by molar-refractivity contribution is -0.144. The van der Waals surface area contributed by atoms with Crippen LogP contribution in [-0.2, 0) is 11.8 Å². The Morgan fingerprint density at radius 3 is 2.62 bits per heavy atom. The maximum atomic E-state index is 11.0. The van der Waals surface area contributed by atoms with Crippen molar-refractivity contribution in [1.29, 1.82) is 0 Å². The van der Waals surface area contributed by atoms with Gasteiger partial charge in [-0.1, -0.05) is 29.3 Å². The van der Waals surface area contributed by atoms with Crippen LogP contribution < -0.4 is 9.47 Å². The molecule has 1 aromatic heterocycles. The number of aromatic nitrogens is 2. The molecule has 0 saturated heterocycles. The van der Waals surface area contributed by atoms with Gasteiger partial charge in [0.1, 0.15) is 5.75 Å². The van der Waals surface area contributed by atoms with E-state index in [1.54, 1.807) is 26.1 Å². The Morgan fingerprint density at radius 2 is 2.00 bits per heavy atom. The van der Waals surface area contributed by atoms with Crippen LogP contribution >= 0.6 is 23.2 Å². The van der Waals surface area contributed by atoms with E-state index in [4.69, 9.17) is 42.9 Å². The number of benzene rings is 1. The van der Waals surface area contributed by atoms with Crippen molar-refractivity contribution in [2.24, 2.45) is 7.05 Å². The van der Waals surface area contributed by atoms with Crippen molar-refractivity contribution in [2.45, 2.75) is 20.0 Å². The van der Waals surface area contributed by atoms with Gasteiger partial charge in [0.15, 0.2) is 11.9 Å². The molecular formula is C17H18Cl2N2O5. The molecule has 140 valence electrons. The number of nitrogens with zero attached hydrogens (tertiary/aromatic N) is 2. The third-order valence-corrected chi connectivity index (χ3v) is 4.04. The molecule has 1 heterocycles. The molecule has 2 rings (SSSR count). The van der Waals surface area contributed by atoms with Gasteiger partial charge in [-0.15, -0.1) is 0 Å². The number of ether oxygens (including phenoxy) is 2. The zero-order valence-electron chi connectivity index (χ0n) is 14.4. The van der Waals surface area contributed by atoms with Gasteiger partial charge in [-0.3, -0.25) is 0 Å². The van der Waals surface area contributed by atoms with Crippen LogP contribution in [0.3, 0.4) is 0 Å². The summed E-state index contributed by atoms with van der Waals surface area (Å²) in [6, 6.07) is 2.83. The molecular weight excluding hydrogens is 383 g/mol. The smallest absolute Gasteiger partial charge is 0.344 e. The highest BCUT2D eigenvalue weighted by Gasteiger charge is 2.19. The highest BCUT2D eigenvalue weighted by molar-refractivity contribution is 6.36. The van der Waals surface area contributed by atoms with Gasteiger partial charge in [0.05, 0.1) is 27.9 Å². The van der Waals surface area contributed by atoms with E-state index in [-0.39, 0.29) is 28.2 Å². The van der Waals surface area contributed by atoms with Crippen LogP contribution in [0.15, 0.2) is 18.2 Å². The predicted molar refractivity (Wildman–Crippen MR) is 98.3 cm³/mol. The summed E-state index contributed by atoms with van der Waals surface area (Å²) in [6.07, 6.45) is 2.15. The lowest BCUT2D eigenvalue weighted by atomic mass is 10.2. The number of aryl methyl sites for hydroxylation is 2. The zero-order chi connectivity index (χ0) is 19.4. The number of carboxylic acid groups (broad SMARTS) is 1. The van der Waals surface area contributed by atoms with Crippen LogP contribution in [-0.4, -0.2) is 38.7 Å². The number of carboxylic acids is 1. The lowest BCUT2D eigenvalue weighted by Crippen LogP contribution is -2.23. The first kappa shape index (κ1) is 20.1. The number of hydrogen-bond donors (Lipinski definition) is 2. The number of halogens is 2. The Kier molecular flexibility index (Phi) is 6.52. The summed E-state index contributed by atoms with van der Waals surface area (Å²) in [7, 11) is 1.70. The van der Waals surface area contributed by atoms with Crippen LogP contribution in [0.5, 0.6) is 17.4 Å². The summed E-state index contributed by atoms with van der Waals surface area (Å²) in [4.78, 5) is 11.0. The third-order valence-electron chi connectivity index (χ3n) is 3.45. The summed E-state index contributed by atoms with van der Waals surface area (Å²) >= 11 is 12.3. The average Bonchev–Trinajstić information content (AvgIpc) is 2.83. The van der Waals surface area contributed by atoms with Crippen molar-refractivity contribution < 1.29 is 24.5 Å². The van der Waals surface area contributed by atoms with Gasteiger partial charge in [0, 0.05) is 13.1 Å². The normalized spacial score (nSPS) is 12.4. The van der Waals surface area contributed by atoms with E-state index in [0.717, 1.165) is 0 Å². The molecule has 7 nitrogen and oxygen atoms in total. The SMILES string of the molecule is Cc1nn(C)c(Oc2cc(O[C@@H](C)C(=O)O)c(Cl)cc2Cl)c1/C=C/CO. The van der Waals surface area contributed by atoms with E-state index < -0.39 is 12.1 Å². The van der Waals surface area contributed by atoms with Gasteiger partial charge in [-0.05, 0) is 26.0 Å². The highest BCUT2D eigenvalue weighted by atomic mass is 35.5. The minimum Gasteiger partial charge on any atom is -0.479 e. The Bertz CT molecular complexity index is 848. The van der Waals surface area contributed by atoms with Gasteiger partial charge < -0.3 is 19.7 Å². The van der Waals surface area contributed by atoms with Crippen LogP contribution in [0.2, 0.25) is 10.0 Å². The van der Waals surface area contributed by atoms with Crippen LogP contribution in [0.4, 0.5) is 0 Å². The van der Waals surface area contributed by atoms with Gasteiger partial charge >= 0.3 is 5.97 Å². The molecule has 2 N–H and O–H groups in total. The van der Waals surface area contributed by atoms with E-state index >= 15 is 0 Å². The molecule has 0 aliphatic carbocycles. The quantitative estimate of drug-likeness (QED) is 0.735. The molecule has 2 aromatic rings. The standard InChI is InChI=1S/C17H18Cl2N2O5/c1-9-11(5-4-6-22)16(21(3)20-9)26-15-8-14(12(18)7-13(15)19)25-10(2)17(23)24/h4-5,7-8,10,22H,6H2,1-3H3,(H,23,24)/b5-4+/t10-/m0/s1. The van der Waals surface area contributed by atoms with Crippen molar-refractivity contribution in [1.82, 2.24) is 9.78 Å². The summed E-state index contributed by atoms with van der Waals surface area (Å²) < 4.78 is 12.7. The second-order valence-electron chi connectivity index (χ2n) is 5.43. The van der Waals surface area contributed by atoms with Crippen molar-refractivity contribution in [3.05, 3.63) is 39.5 Å². The molecule has 0 saturated carbocycles. The molecule has 0 aliphatic heterocycles. The summed E-state index contributed by atoms with van der Waals surface area (Å²) in [5.41, 5.74) is 1.38. The fourth-order valence-electron chi connectivity index (χ4n) is 2.16. The Morgan fingerprint density at radius 1 is 1.35 bits per heavy atom. The molecule has 0 bridgehead atoms. The molecule has 1 atom stereocenters. The monoisotopic (exact) mass is 400 g/mol. The maximum absolute atomic E-state index is 11.0. The van der Waals surface area contributed by atoms with Gasteiger partial charge in [-0.25, -0.2) is 9.48 Å². The minimum absolute atomic E-state index is 0.124. The molecule has 0 radical (unpaired) electrons. The minimum atomic E-state index is -1.13. The lowest BCUT2D eigenvalue weighted by Gasteiger charge is -2.15. The summed E-state index contributed by atoms with van der Waals surface area (Å²) in [6.45, 7) is 3.06. The Hall–Kier alpha value is -2.22. The van der Waals surface area contributed by atoms with Crippen LogP contribution in [0, 0.1) is 6.92 Å². The molecule has 0 fully saturated rings. The van der Waals surface area contributed by atoms with Crippen molar-refractivity contribution in [3.8, 4) is 17.4 Å². The van der Waals surface area contributed by atoms with Gasteiger partial charge in [0.2, 0.25) is 5.88 Å². The maximum Gasteiger partial charge on any atom is 0.344 e. The largest absolute Gasteiger partial charge is 0.479 e. The first-order chi connectivity index (χ1) is 12.2. The fourth-order valence-corrected chi connectivity index (χ4v) is 2.63. The van der Waals surface area contributed by atoms with Crippen LogP contribution in [0.25, 0.3) is 6.08 Å². The third kappa shape index (κ3) is 4.49. The first-order valence-corrected chi connectivity index (χ1v) is 8.37. The number of rotatable bonds is 7. The molecule has 0 spiro atoms. The van der Waals surface area contributed by atoms with Crippen molar-refractivity contribution >= 4 is 35.2 Å². The van der Waals surface area contributed by atoms with E-state index in [1.165, 1.54) is 23.7 Å². The topological polar surface area (TPSA) is 93.8 Å². The van der Waals surface area contributed by atoms with Gasteiger partial charge in [0.25, 0.3) is 0 Å². The Balaban J connectivity index is 2.41. The summed E-state index contributed by atoms with van der Waals surface area (Å²) in [5, 5.41) is 22.6. The number of aliphatic hydroxyl groups is 1. The second kappa shape index (κ2) is 8.44. The first-order valence-electron chi connectivity index (χ1n) is 7.62. The molecule has 0 unspecified atom stereocenters. The molecule has 1 aromatic carbocycles. The van der Waals surface area contributed by atoms with Gasteiger partial charge in [-0.2, -0.15) is 5.10 Å². The molecule has 0 aliphatic rings.